The first kappa shape index (κ1) is 15.9. The molecule has 2 rings (SSSR count). The van der Waals surface area contributed by atoms with Crippen molar-refractivity contribution in [3.05, 3.63) is 29.8 Å². The van der Waals surface area contributed by atoms with Gasteiger partial charge in [-0.05, 0) is 38.1 Å². The lowest BCUT2D eigenvalue weighted by Crippen LogP contribution is -2.38. The van der Waals surface area contributed by atoms with E-state index in [2.05, 4.69) is 15.5 Å². The molecule has 21 heavy (non-hydrogen) atoms. The molecule has 0 atom stereocenters. The first-order chi connectivity index (χ1) is 10.2. The van der Waals surface area contributed by atoms with Gasteiger partial charge in [-0.1, -0.05) is 12.5 Å². The number of anilines is 1. The second-order valence-corrected chi connectivity index (χ2v) is 5.22. The average Bonchev–Trinajstić information content (AvgIpc) is 2.49. The molecule has 0 unspecified atom stereocenters. The molecule has 0 radical (unpaired) electrons. The van der Waals surface area contributed by atoms with Crippen LogP contribution >= 0.6 is 0 Å². The molecule has 1 aliphatic rings. The van der Waals surface area contributed by atoms with Crippen molar-refractivity contribution in [2.24, 2.45) is 0 Å². The van der Waals surface area contributed by atoms with E-state index in [0.29, 0.717) is 6.54 Å². The van der Waals surface area contributed by atoms with Crippen molar-refractivity contribution in [2.45, 2.75) is 19.3 Å². The molecule has 0 aromatic heterocycles. The van der Waals surface area contributed by atoms with Gasteiger partial charge in [-0.2, -0.15) is 0 Å². The summed E-state index contributed by atoms with van der Waals surface area (Å²) in [6.45, 7) is 3.83. The lowest BCUT2D eigenvalue weighted by atomic mass is 10.1. The number of carbonyl (C=O) groups is 1. The van der Waals surface area contributed by atoms with Crippen LogP contribution in [0.4, 0.5) is 14.5 Å². The minimum atomic E-state index is -0.767. The molecule has 6 heteroatoms. The zero-order valence-electron chi connectivity index (χ0n) is 12.0. The summed E-state index contributed by atoms with van der Waals surface area (Å²) in [5, 5.41) is 5.24. The second-order valence-electron chi connectivity index (χ2n) is 5.22. The van der Waals surface area contributed by atoms with Crippen molar-refractivity contribution in [1.29, 1.82) is 0 Å². The molecular weight excluding hydrogens is 276 g/mol. The molecule has 116 valence electrons. The summed E-state index contributed by atoms with van der Waals surface area (Å²) in [7, 11) is 0. The Kier molecular flexibility index (Phi) is 6.07. The van der Waals surface area contributed by atoms with E-state index in [4.69, 9.17) is 0 Å². The van der Waals surface area contributed by atoms with E-state index >= 15 is 0 Å². The molecule has 4 nitrogen and oxygen atoms in total. The molecule has 0 saturated carbocycles. The minimum absolute atomic E-state index is 0.0433. The number of nitrogens with one attached hydrogen (secondary N) is 2. The first-order valence-corrected chi connectivity index (χ1v) is 7.34. The number of rotatable bonds is 6. The highest BCUT2D eigenvalue weighted by Crippen LogP contribution is 2.17. The Balaban J connectivity index is 1.67. The van der Waals surface area contributed by atoms with Crippen molar-refractivity contribution < 1.29 is 13.6 Å². The number of hydrogen-bond donors (Lipinski definition) is 2. The minimum Gasteiger partial charge on any atom is -0.320 e. The summed E-state index contributed by atoms with van der Waals surface area (Å²) in [6, 6.07) is 3.49. The maximum absolute atomic E-state index is 13.4. The largest absolute Gasteiger partial charge is 0.320 e. The number of halogens is 2. The van der Waals surface area contributed by atoms with Crippen molar-refractivity contribution in [2.75, 3.05) is 38.0 Å². The molecule has 0 bridgehead atoms. The molecular formula is C15H21F2N3O. The fourth-order valence-electron chi connectivity index (χ4n) is 2.42. The van der Waals surface area contributed by atoms with E-state index in [1.165, 1.54) is 25.3 Å². The number of benzene rings is 1. The Labute approximate surface area is 123 Å². The van der Waals surface area contributed by atoms with Crippen LogP contribution in [0.1, 0.15) is 19.3 Å². The summed E-state index contributed by atoms with van der Waals surface area (Å²) in [6.07, 6.45) is 3.75. The zero-order valence-corrected chi connectivity index (χ0v) is 12.0. The highest BCUT2D eigenvalue weighted by molar-refractivity contribution is 5.92. The number of nitrogens with zero attached hydrogens (tertiary/aromatic N) is 1. The van der Waals surface area contributed by atoms with Crippen LogP contribution in [0, 0.1) is 11.6 Å². The van der Waals surface area contributed by atoms with Gasteiger partial charge in [0, 0.05) is 13.1 Å². The molecule has 0 aliphatic carbocycles. The maximum atomic E-state index is 13.4. The lowest BCUT2D eigenvalue weighted by molar-refractivity contribution is -0.115. The van der Waals surface area contributed by atoms with Crippen LogP contribution in [-0.2, 0) is 4.79 Å². The van der Waals surface area contributed by atoms with Gasteiger partial charge in [0.2, 0.25) is 5.91 Å². The van der Waals surface area contributed by atoms with Gasteiger partial charge >= 0.3 is 0 Å². The normalized spacial score (nSPS) is 15.9. The fourth-order valence-corrected chi connectivity index (χ4v) is 2.42. The molecule has 1 aromatic carbocycles. The molecule has 1 saturated heterocycles. The predicted octanol–water partition coefficient (Wildman–Crippen LogP) is 1.98. The van der Waals surface area contributed by atoms with Gasteiger partial charge in [-0.3, -0.25) is 4.79 Å². The number of hydrogen-bond acceptors (Lipinski definition) is 3. The fraction of sp³-hybridized carbons (Fsp3) is 0.533. The summed E-state index contributed by atoms with van der Waals surface area (Å²) in [5.41, 5.74) is -0.389. The molecule has 1 amide bonds. The van der Waals surface area contributed by atoms with Gasteiger partial charge < -0.3 is 15.5 Å². The summed E-state index contributed by atoms with van der Waals surface area (Å²) in [5.74, 6) is -1.98. The standard InChI is InChI=1S/C15H21F2N3O/c16-12-5-4-6-13(17)15(12)19-14(21)11-18-7-10-20-8-2-1-3-9-20/h4-6,18H,1-3,7-11H2,(H,19,21). The molecule has 0 spiro atoms. The zero-order chi connectivity index (χ0) is 15.1. The van der Waals surface area contributed by atoms with Crippen LogP contribution in [0.25, 0.3) is 0 Å². The van der Waals surface area contributed by atoms with E-state index in [0.717, 1.165) is 31.8 Å². The van der Waals surface area contributed by atoms with Gasteiger partial charge in [0.15, 0.2) is 0 Å². The Bertz CT molecular complexity index is 456. The maximum Gasteiger partial charge on any atom is 0.238 e. The third-order valence-corrected chi connectivity index (χ3v) is 3.57. The van der Waals surface area contributed by atoms with Crippen LogP contribution in [-0.4, -0.2) is 43.5 Å². The van der Waals surface area contributed by atoms with Gasteiger partial charge in [-0.15, -0.1) is 0 Å². The summed E-state index contributed by atoms with van der Waals surface area (Å²) in [4.78, 5) is 14.0. The van der Waals surface area contributed by atoms with Gasteiger partial charge in [0.25, 0.3) is 0 Å². The lowest BCUT2D eigenvalue weighted by Gasteiger charge is -2.26. The Morgan fingerprint density at radius 2 is 1.81 bits per heavy atom. The van der Waals surface area contributed by atoms with Gasteiger partial charge in [0.1, 0.15) is 17.3 Å². The van der Waals surface area contributed by atoms with E-state index < -0.39 is 17.5 Å². The van der Waals surface area contributed by atoms with E-state index in [1.54, 1.807) is 0 Å². The third kappa shape index (κ3) is 5.06. The highest BCUT2D eigenvalue weighted by atomic mass is 19.1. The molecule has 1 fully saturated rings. The van der Waals surface area contributed by atoms with Crippen LogP contribution in [0.3, 0.4) is 0 Å². The Morgan fingerprint density at radius 3 is 2.48 bits per heavy atom. The number of likely N-dealkylation sites (tertiary alicyclic amines) is 1. The second kappa shape index (κ2) is 8.05. The van der Waals surface area contributed by atoms with Crippen LogP contribution in [0.5, 0.6) is 0 Å². The quantitative estimate of drug-likeness (QED) is 0.789. The number of carbonyl (C=O) groups excluding carboxylic acids is 1. The van der Waals surface area contributed by atoms with E-state index in [1.807, 2.05) is 0 Å². The average molecular weight is 297 g/mol. The first-order valence-electron chi connectivity index (χ1n) is 7.34. The summed E-state index contributed by atoms with van der Waals surface area (Å²) < 4.78 is 26.7. The monoisotopic (exact) mass is 297 g/mol. The summed E-state index contributed by atoms with van der Waals surface area (Å²) >= 11 is 0. The molecule has 1 aromatic rings. The Hall–Kier alpha value is -1.53. The SMILES string of the molecule is O=C(CNCCN1CCCCC1)Nc1c(F)cccc1F. The van der Waals surface area contributed by atoms with Crippen molar-refractivity contribution >= 4 is 11.6 Å². The van der Waals surface area contributed by atoms with Crippen molar-refractivity contribution in [1.82, 2.24) is 10.2 Å². The Morgan fingerprint density at radius 1 is 1.14 bits per heavy atom. The van der Waals surface area contributed by atoms with Crippen LogP contribution < -0.4 is 10.6 Å². The number of para-hydroxylation sites is 1. The molecule has 1 aliphatic heterocycles. The van der Waals surface area contributed by atoms with E-state index in [-0.39, 0.29) is 12.2 Å². The third-order valence-electron chi connectivity index (χ3n) is 3.57. The van der Waals surface area contributed by atoms with E-state index in [9.17, 15) is 13.6 Å². The topological polar surface area (TPSA) is 44.4 Å². The molecule has 1 heterocycles. The highest BCUT2D eigenvalue weighted by Gasteiger charge is 2.12. The van der Waals surface area contributed by atoms with Crippen LogP contribution in [0.2, 0.25) is 0 Å². The van der Waals surface area contributed by atoms with Crippen molar-refractivity contribution in [3.63, 3.8) is 0 Å². The number of amides is 1. The van der Waals surface area contributed by atoms with Gasteiger partial charge in [0.05, 0.1) is 6.54 Å². The van der Waals surface area contributed by atoms with Gasteiger partial charge in [-0.25, -0.2) is 8.78 Å². The predicted molar refractivity (Wildman–Crippen MR) is 78.1 cm³/mol. The van der Waals surface area contributed by atoms with Crippen molar-refractivity contribution in [3.8, 4) is 0 Å². The molecule has 2 N–H and O–H groups in total. The smallest absolute Gasteiger partial charge is 0.238 e. The van der Waals surface area contributed by atoms with Crippen LogP contribution in [0.15, 0.2) is 18.2 Å². The number of piperidine rings is 1.